The van der Waals surface area contributed by atoms with Crippen LogP contribution in [-0.4, -0.2) is 55.7 Å². The fourth-order valence-electron chi connectivity index (χ4n) is 3.68. The Bertz CT molecular complexity index is 1130. The van der Waals surface area contributed by atoms with E-state index in [1.807, 2.05) is 30.3 Å². The Morgan fingerprint density at radius 1 is 1.20 bits per heavy atom. The van der Waals surface area contributed by atoms with Gasteiger partial charge in [-0.3, -0.25) is 9.59 Å². The molecule has 1 saturated heterocycles. The first-order chi connectivity index (χ1) is 14.7. The minimum atomic E-state index is -0.374. The van der Waals surface area contributed by atoms with Gasteiger partial charge in [-0.15, -0.1) is 5.10 Å². The molecular weight excluding hydrogens is 404 g/mol. The zero-order valence-electron chi connectivity index (χ0n) is 16.1. The third-order valence-corrected chi connectivity index (χ3v) is 6.26. The first-order valence-corrected chi connectivity index (χ1v) is 10.9. The van der Waals surface area contributed by atoms with Gasteiger partial charge in [0.2, 0.25) is 0 Å². The van der Waals surface area contributed by atoms with Crippen LogP contribution in [0.5, 0.6) is 0 Å². The van der Waals surface area contributed by atoms with Gasteiger partial charge in [0.15, 0.2) is 5.69 Å². The predicted molar refractivity (Wildman–Crippen MR) is 111 cm³/mol. The number of aromatic nitrogens is 5. The van der Waals surface area contributed by atoms with Gasteiger partial charge in [-0.1, -0.05) is 18.2 Å². The zero-order valence-corrected chi connectivity index (χ0v) is 16.9. The summed E-state index contributed by atoms with van der Waals surface area (Å²) in [5.74, 6) is 1.45. The topological polar surface area (TPSA) is 104 Å². The molecule has 154 valence electrons. The molecule has 2 unspecified atom stereocenters. The number of hydrogen-bond acceptors (Lipinski definition) is 7. The number of ether oxygens (including phenoxy) is 1. The first-order valence-electron chi connectivity index (χ1n) is 9.75. The zero-order chi connectivity index (χ0) is 20.5. The summed E-state index contributed by atoms with van der Waals surface area (Å²) in [6, 6.07) is 10.3. The van der Waals surface area contributed by atoms with Crippen molar-refractivity contribution < 1.29 is 9.53 Å². The minimum Gasteiger partial charge on any atom is -0.377 e. The van der Waals surface area contributed by atoms with Gasteiger partial charge in [0, 0.05) is 18.2 Å². The van der Waals surface area contributed by atoms with E-state index in [2.05, 4.69) is 20.6 Å². The van der Waals surface area contributed by atoms with Gasteiger partial charge < -0.3 is 10.1 Å². The van der Waals surface area contributed by atoms with E-state index in [1.54, 1.807) is 17.8 Å². The van der Waals surface area contributed by atoms with Crippen LogP contribution in [0.25, 0.3) is 5.69 Å². The second-order valence-electron chi connectivity index (χ2n) is 7.24. The monoisotopic (exact) mass is 424 g/mol. The van der Waals surface area contributed by atoms with Crippen LogP contribution in [0.15, 0.2) is 47.4 Å². The molecule has 2 aromatic heterocycles. The minimum absolute atomic E-state index is 0.166. The highest BCUT2D eigenvalue weighted by Crippen LogP contribution is 2.23. The molecule has 0 bridgehead atoms. The molecule has 9 nitrogen and oxygen atoms in total. The lowest BCUT2D eigenvalue weighted by Crippen LogP contribution is -2.44. The second-order valence-corrected chi connectivity index (χ2v) is 8.35. The van der Waals surface area contributed by atoms with E-state index in [4.69, 9.17) is 4.74 Å². The Kier molecular flexibility index (Phi) is 5.09. The maximum Gasteiger partial charge on any atom is 0.273 e. The summed E-state index contributed by atoms with van der Waals surface area (Å²) >= 11 is 1.81. The summed E-state index contributed by atoms with van der Waals surface area (Å²) in [5, 5.41) is 16.0. The smallest absolute Gasteiger partial charge is 0.273 e. The van der Waals surface area contributed by atoms with Crippen LogP contribution in [0, 0.1) is 0 Å². The molecule has 4 heterocycles. The predicted octanol–water partition coefficient (Wildman–Crippen LogP) is 0.983. The van der Waals surface area contributed by atoms with E-state index in [1.165, 1.54) is 15.7 Å². The van der Waals surface area contributed by atoms with E-state index < -0.39 is 0 Å². The number of para-hydroxylation sites is 1. The molecule has 0 aliphatic carbocycles. The largest absolute Gasteiger partial charge is 0.377 e. The Morgan fingerprint density at radius 3 is 2.93 bits per heavy atom. The SMILES string of the molecule is O=C(NC1COCC1n1nc2c(cc1=O)CSCC2)c1cnn(-c2ccccc2)n1. The molecule has 1 fully saturated rings. The molecule has 1 N–H and O–H groups in total. The average Bonchev–Trinajstić information content (AvgIpc) is 3.44. The van der Waals surface area contributed by atoms with E-state index >= 15 is 0 Å². The standard InChI is InChI=1S/C20H20N6O3S/c27-19-8-13-12-30-7-6-15(13)23-25(19)18-11-29-10-17(18)22-20(28)16-9-21-26(24-16)14-4-2-1-3-5-14/h1-5,8-9,17-18H,6-7,10-12H2,(H,22,28). The van der Waals surface area contributed by atoms with Crippen molar-refractivity contribution in [1.29, 1.82) is 0 Å². The van der Waals surface area contributed by atoms with Crippen LogP contribution in [0.4, 0.5) is 0 Å². The Morgan fingerprint density at radius 2 is 2.07 bits per heavy atom. The van der Waals surface area contributed by atoms with Crippen molar-refractivity contribution in [2.24, 2.45) is 0 Å². The summed E-state index contributed by atoms with van der Waals surface area (Å²) < 4.78 is 7.04. The van der Waals surface area contributed by atoms with Crippen LogP contribution in [0.2, 0.25) is 0 Å². The van der Waals surface area contributed by atoms with Crippen LogP contribution in [0.1, 0.15) is 27.8 Å². The number of carbonyl (C=O) groups excluding carboxylic acids is 1. The van der Waals surface area contributed by atoms with E-state index in [0.29, 0.717) is 13.2 Å². The molecule has 2 atom stereocenters. The first kappa shape index (κ1) is 19.0. The number of hydrogen-bond donors (Lipinski definition) is 1. The maximum atomic E-state index is 12.7. The third kappa shape index (κ3) is 3.63. The summed E-state index contributed by atoms with van der Waals surface area (Å²) in [6.45, 7) is 0.631. The number of aryl methyl sites for hydroxylation is 1. The van der Waals surface area contributed by atoms with Crippen molar-refractivity contribution in [1.82, 2.24) is 30.1 Å². The highest BCUT2D eigenvalue weighted by atomic mass is 32.2. The van der Waals surface area contributed by atoms with Crippen molar-refractivity contribution >= 4 is 17.7 Å². The Labute approximate surface area is 176 Å². The van der Waals surface area contributed by atoms with Crippen molar-refractivity contribution in [3.8, 4) is 5.69 Å². The number of fused-ring (bicyclic) bond motifs is 1. The summed E-state index contributed by atoms with van der Waals surface area (Å²) in [6.07, 6.45) is 2.27. The van der Waals surface area contributed by atoms with Gasteiger partial charge in [0.05, 0.1) is 36.8 Å². The maximum absolute atomic E-state index is 12.7. The van der Waals surface area contributed by atoms with E-state index in [9.17, 15) is 9.59 Å². The lowest BCUT2D eigenvalue weighted by molar-refractivity contribution is 0.0919. The highest BCUT2D eigenvalue weighted by Gasteiger charge is 2.34. The molecule has 0 spiro atoms. The molecule has 5 rings (SSSR count). The third-order valence-electron chi connectivity index (χ3n) is 5.26. The van der Waals surface area contributed by atoms with Crippen LogP contribution >= 0.6 is 11.8 Å². The van der Waals surface area contributed by atoms with Crippen LogP contribution in [-0.2, 0) is 16.9 Å². The number of thioether (sulfide) groups is 1. The van der Waals surface area contributed by atoms with E-state index in [-0.39, 0.29) is 29.2 Å². The van der Waals surface area contributed by atoms with Gasteiger partial charge in [0.1, 0.15) is 6.04 Å². The Hall–Kier alpha value is -2.98. The fraction of sp³-hybridized carbons (Fsp3) is 0.350. The number of amides is 1. The fourth-order valence-corrected chi connectivity index (χ4v) is 4.64. The molecule has 0 radical (unpaired) electrons. The van der Waals surface area contributed by atoms with Gasteiger partial charge in [-0.05, 0) is 23.4 Å². The average molecular weight is 424 g/mol. The van der Waals surface area contributed by atoms with Gasteiger partial charge in [0.25, 0.3) is 11.5 Å². The van der Waals surface area contributed by atoms with E-state index in [0.717, 1.165) is 34.9 Å². The molecule has 0 saturated carbocycles. The number of rotatable bonds is 4. The highest BCUT2D eigenvalue weighted by molar-refractivity contribution is 7.98. The normalized spacial score (nSPS) is 20.7. The van der Waals surface area contributed by atoms with Gasteiger partial charge >= 0.3 is 0 Å². The molecule has 1 amide bonds. The van der Waals surface area contributed by atoms with Crippen LogP contribution in [0.3, 0.4) is 0 Å². The molecule has 30 heavy (non-hydrogen) atoms. The summed E-state index contributed by atoms with van der Waals surface area (Å²) in [5.41, 5.74) is 2.76. The summed E-state index contributed by atoms with van der Waals surface area (Å²) in [4.78, 5) is 26.8. The number of carbonyl (C=O) groups is 1. The van der Waals surface area contributed by atoms with Crippen molar-refractivity contribution in [2.75, 3.05) is 19.0 Å². The number of nitrogens with zero attached hydrogens (tertiary/aromatic N) is 5. The molecule has 1 aromatic carbocycles. The second kappa shape index (κ2) is 8.04. The lowest BCUT2D eigenvalue weighted by Gasteiger charge is -2.22. The van der Waals surface area contributed by atoms with Gasteiger partial charge in [-0.25, -0.2) is 4.68 Å². The summed E-state index contributed by atoms with van der Waals surface area (Å²) in [7, 11) is 0. The van der Waals surface area contributed by atoms with Crippen molar-refractivity contribution in [2.45, 2.75) is 24.3 Å². The van der Waals surface area contributed by atoms with Gasteiger partial charge in [-0.2, -0.15) is 26.8 Å². The lowest BCUT2D eigenvalue weighted by atomic mass is 10.1. The van der Waals surface area contributed by atoms with Crippen LogP contribution < -0.4 is 10.9 Å². The molecule has 2 aliphatic rings. The molecule has 2 aliphatic heterocycles. The number of benzene rings is 1. The molecule has 3 aromatic rings. The number of nitrogens with one attached hydrogen (secondary N) is 1. The van der Waals surface area contributed by atoms with Crippen molar-refractivity contribution in [3.05, 3.63) is 69.9 Å². The van der Waals surface area contributed by atoms with Crippen molar-refractivity contribution in [3.63, 3.8) is 0 Å². The molecular formula is C20H20N6O3S. The quantitative estimate of drug-likeness (QED) is 0.666. The Balaban J connectivity index is 1.34. The molecule has 10 heteroatoms.